The van der Waals surface area contributed by atoms with Crippen LogP contribution in [-0.4, -0.2) is 16.1 Å². The zero-order valence-electron chi connectivity index (χ0n) is 9.65. The summed E-state index contributed by atoms with van der Waals surface area (Å²) in [6, 6.07) is 4.49. The van der Waals surface area contributed by atoms with Crippen molar-refractivity contribution in [1.29, 1.82) is 0 Å². The van der Waals surface area contributed by atoms with Gasteiger partial charge in [-0.1, -0.05) is 12.1 Å². The molecule has 0 amide bonds. The van der Waals surface area contributed by atoms with E-state index in [1.54, 1.807) is 19.1 Å². The van der Waals surface area contributed by atoms with E-state index in [1.807, 2.05) is 0 Å². The molecule has 0 aliphatic carbocycles. The second kappa shape index (κ2) is 4.65. The first kappa shape index (κ1) is 13.5. The third-order valence-electron chi connectivity index (χ3n) is 2.50. The average Bonchev–Trinajstić information content (AvgIpc) is 2.78. The Morgan fingerprint density at radius 1 is 1.37 bits per heavy atom. The van der Waals surface area contributed by atoms with E-state index in [4.69, 9.17) is 5.11 Å². The van der Waals surface area contributed by atoms with Crippen molar-refractivity contribution in [2.24, 2.45) is 0 Å². The number of benzene rings is 1. The summed E-state index contributed by atoms with van der Waals surface area (Å²) < 4.78 is 37.3. The number of carbonyl (C=O) groups is 1. The quantitative estimate of drug-likeness (QED) is 0.913. The third kappa shape index (κ3) is 2.76. The maximum absolute atomic E-state index is 12.4. The molecule has 1 aromatic carbocycles. The highest BCUT2D eigenvalue weighted by molar-refractivity contribution is 7.15. The predicted molar refractivity (Wildman–Crippen MR) is 64.2 cm³/mol. The number of aromatic nitrogens is 1. The summed E-state index contributed by atoms with van der Waals surface area (Å²) in [6.45, 7) is 1.63. The van der Waals surface area contributed by atoms with Crippen molar-refractivity contribution in [3.63, 3.8) is 0 Å². The lowest BCUT2D eigenvalue weighted by molar-refractivity contribution is -0.137. The van der Waals surface area contributed by atoms with Gasteiger partial charge in [0.05, 0.1) is 10.4 Å². The highest BCUT2D eigenvalue weighted by atomic mass is 32.1. The number of aromatic carboxylic acids is 1. The number of carboxylic acid groups (broad SMARTS) is 1. The number of nitrogens with zero attached hydrogens (tertiary/aromatic N) is 1. The van der Waals surface area contributed by atoms with E-state index in [2.05, 4.69) is 4.98 Å². The van der Waals surface area contributed by atoms with Gasteiger partial charge in [0.1, 0.15) is 0 Å². The fraction of sp³-hybridized carbons (Fsp3) is 0.167. The molecule has 0 spiro atoms. The van der Waals surface area contributed by atoms with E-state index in [1.165, 1.54) is 6.07 Å². The summed E-state index contributed by atoms with van der Waals surface area (Å²) in [5, 5.41) is 8.03. The molecule has 0 radical (unpaired) electrons. The normalized spacial score (nSPS) is 11.6. The van der Waals surface area contributed by atoms with Crippen LogP contribution in [0.2, 0.25) is 0 Å². The zero-order chi connectivity index (χ0) is 14.2. The van der Waals surface area contributed by atoms with Gasteiger partial charge in [0, 0.05) is 6.20 Å². The molecule has 0 unspecified atom stereocenters. The van der Waals surface area contributed by atoms with E-state index in [0.29, 0.717) is 22.5 Å². The predicted octanol–water partition coefficient (Wildman–Crippen LogP) is 3.84. The number of hydrogen-bond donors (Lipinski definition) is 1. The molecule has 0 fully saturated rings. The minimum atomic E-state index is -4.48. The van der Waals surface area contributed by atoms with E-state index in [0.717, 1.165) is 6.20 Å². The molecule has 1 N–H and O–H groups in total. The van der Waals surface area contributed by atoms with E-state index in [9.17, 15) is 18.0 Å². The minimum Gasteiger partial charge on any atom is -0.478 e. The molecular formula is C12H8F3NO2S. The van der Waals surface area contributed by atoms with Crippen LogP contribution in [0.3, 0.4) is 0 Å². The summed E-state index contributed by atoms with van der Waals surface area (Å²) in [4.78, 5) is 14.6. The molecule has 3 nitrogen and oxygen atoms in total. The van der Waals surface area contributed by atoms with Crippen LogP contribution in [0.15, 0.2) is 24.4 Å². The molecule has 1 heterocycles. The van der Waals surface area contributed by atoms with Crippen LogP contribution in [0.25, 0.3) is 10.4 Å². The van der Waals surface area contributed by atoms with Crippen molar-refractivity contribution < 1.29 is 23.1 Å². The van der Waals surface area contributed by atoms with Gasteiger partial charge >= 0.3 is 12.1 Å². The highest BCUT2D eigenvalue weighted by Gasteiger charge is 2.34. The van der Waals surface area contributed by atoms with Gasteiger partial charge in [-0.15, -0.1) is 11.3 Å². The summed E-state index contributed by atoms with van der Waals surface area (Å²) in [7, 11) is 0. The molecule has 0 aliphatic rings. The Balaban J connectivity index is 2.45. The van der Waals surface area contributed by atoms with Gasteiger partial charge < -0.3 is 5.11 Å². The Kier molecular flexibility index (Phi) is 3.32. The third-order valence-corrected chi connectivity index (χ3v) is 3.59. The van der Waals surface area contributed by atoms with Crippen molar-refractivity contribution in [2.45, 2.75) is 13.1 Å². The minimum absolute atomic E-state index is 0.0689. The van der Waals surface area contributed by atoms with E-state index >= 15 is 0 Å². The number of halogens is 3. The number of thiazole rings is 1. The number of rotatable bonds is 2. The fourth-order valence-corrected chi connectivity index (χ4v) is 2.32. The molecule has 19 heavy (non-hydrogen) atoms. The van der Waals surface area contributed by atoms with Crippen molar-refractivity contribution in [3.05, 3.63) is 40.5 Å². The summed E-state index contributed by atoms with van der Waals surface area (Å²) in [5.41, 5.74) is 1.03. The first-order valence-electron chi connectivity index (χ1n) is 5.16. The maximum atomic E-state index is 12.4. The van der Waals surface area contributed by atoms with Gasteiger partial charge in [0.15, 0.2) is 5.01 Å². The monoisotopic (exact) mass is 287 g/mol. The standard InChI is InChI=1S/C12H8F3NO2S/c1-6-2-3-7(4-8(6)10(17)18)9-5-16-11(19-9)12(13,14)15/h2-5H,1H3,(H,17,18). The molecule has 7 heteroatoms. The van der Waals surface area contributed by atoms with Crippen molar-refractivity contribution in [2.75, 3.05) is 0 Å². The lowest BCUT2D eigenvalue weighted by Crippen LogP contribution is -2.02. The Morgan fingerprint density at radius 3 is 2.58 bits per heavy atom. The van der Waals surface area contributed by atoms with Crippen molar-refractivity contribution in [1.82, 2.24) is 4.98 Å². The molecule has 1 aromatic heterocycles. The van der Waals surface area contributed by atoms with Crippen LogP contribution in [0.4, 0.5) is 13.2 Å². The zero-order valence-corrected chi connectivity index (χ0v) is 10.5. The van der Waals surface area contributed by atoms with Crippen molar-refractivity contribution in [3.8, 4) is 10.4 Å². The molecule has 100 valence electrons. The van der Waals surface area contributed by atoms with Crippen LogP contribution in [0.1, 0.15) is 20.9 Å². The molecule has 0 aliphatic heterocycles. The Morgan fingerprint density at radius 2 is 2.05 bits per heavy atom. The first-order chi connectivity index (χ1) is 8.79. The molecule has 0 saturated heterocycles. The van der Waals surface area contributed by atoms with Gasteiger partial charge in [0.2, 0.25) is 0 Å². The van der Waals surface area contributed by atoms with Gasteiger partial charge in [0.25, 0.3) is 0 Å². The number of carboxylic acids is 1. The molecule has 2 aromatic rings. The Hall–Kier alpha value is -1.89. The van der Waals surface area contributed by atoms with Crippen LogP contribution in [0, 0.1) is 6.92 Å². The summed E-state index contributed by atoms with van der Waals surface area (Å²) >= 11 is 0.490. The SMILES string of the molecule is Cc1ccc(-c2cnc(C(F)(F)F)s2)cc1C(=O)O. The van der Waals surface area contributed by atoms with E-state index in [-0.39, 0.29) is 10.4 Å². The largest absolute Gasteiger partial charge is 0.478 e. The number of hydrogen-bond acceptors (Lipinski definition) is 3. The van der Waals surface area contributed by atoms with E-state index < -0.39 is 17.2 Å². The first-order valence-corrected chi connectivity index (χ1v) is 5.98. The van der Waals surface area contributed by atoms with Crippen LogP contribution in [0.5, 0.6) is 0 Å². The van der Waals surface area contributed by atoms with Gasteiger partial charge in [-0.3, -0.25) is 0 Å². The lowest BCUT2D eigenvalue weighted by Gasteiger charge is -2.03. The molecule has 2 rings (SSSR count). The smallest absolute Gasteiger partial charge is 0.443 e. The topological polar surface area (TPSA) is 50.2 Å². The Bertz CT molecular complexity index is 634. The number of alkyl halides is 3. The fourth-order valence-electron chi connectivity index (χ4n) is 1.54. The number of aryl methyl sites for hydroxylation is 1. The second-order valence-electron chi connectivity index (χ2n) is 3.86. The molecule has 0 bridgehead atoms. The average molecular weight is 287 g/mol. The van der Waals surface area contributed by atoms with Crippen LogP contribution < -0.4 is 0 Å². The second-order valence-corrected chi connectivity index (χ2v) is 4.89. The molecule has 0 atom stereocenters. The maximum Gasteiger partial charge on any atom is 0.443 e. The van der Waals surface area contributed by atoms with Crippen molar-refractivity contribution >= 4 is 17.3 Å². The Labute approximate surface area is 110 Å². The molecule has 0 saturated carbocycles. The van der Waals surface area contributed by atoms with Crippen LogP contribution >= 0.6 is 11.3 Å². The highest BCUT2D eigenvalue weighted by Crippen LogP contribution is 2.36. The summed E-state index contributed by atoms with van der Waals surface area (Å²) in [5.74, 6) is -1.11. The summed E-state index contributed by atoms with van der Waals surface area (Å²) in [6.07, 6.45) is -3.38. The lowest BCUT2D eigenvalue weighted by atomic mass is 10.0. The van der Waals surface area contributed by atoms with Gasteiger partial charge in [-0.25, -0.2) is 9.78 Å². The van der Waals surface area contributed by atoms with Gasteiger partial charge in [-0.2, -0.15) is 13.2 Å². The molecular weight excluding hydrogens is 279 g/mol. The van der Waals surface area contributed by atoms with Gasteiger partial charge in [-0.05, 0) is 24.1 Å². The van der Waals surface area contributed by atoms with Crippen LogP contribution in [-0.2, 0) is 6.18 Å².